The van der Waals surface area contributed by atoms with Crippen LogP contribution in [-0.4, -0.2) is 31.8 Å². The van der Waals surface area contributed by atoms with Crippen molar-refractivity contribution < 1.29 is 9.53 Å². The van der Waals surface area contributed by atoms with E-state index in [2.05, 4.69) is 24.5 Å². The lowest BCUT2D eigenvalue weighted by Crippen LogP contribution is -2.45. The highest BCUT2D eigenvalue weighted by Gasteiger charge is 2.31. The van der Waals surface area contributed by atoms with Crippen molar-refractivity contribution in [1.29, 1.82) is 0 Å². The molecule has 0 aliphatic carbocycles. The van der Waals surface area contributed by atoms with Crippen LogP contribution < -0.4 is 15.5 Å². The first-order chi connectivity index (χ1) is 12.4. The summed E-state index contributed by atoms with van der Waals surface area (Å²) in [5.74, 6) is 0.0989. The highest BCUT2D eigenvalue weighted by Crippen LogP contribution is 2.29. The summed E-state index contributed by atoms with van der Waals surface area (Å²) in [6.45, 7) is 6.54. The first-order valence-corrected chi connectivity index (χ1v) is 9.50. The quantitative estimate of drug-likeness (QED) is 0.562. The third-order valence-electron chi connectivity index (χ3n) is 4.84. The molecule has 1 aliphatic heterocycles. The van der Waals surface area contributed by atoms with Gasteiger partial charge in [0, 0.05) is 25.5 Å². The number of hydrogen-bond donors (Lipinski definition) is 2. The number of benzene rings is 1. The first-order valence-electron chi connectivity index (χ1n) is 9.10. The van der Waals surface area contributed by atoms with Crippen molar-refractivity contribution in [3.63, 3.8) is 0 Å². The molecule has 1 aromatic rings. The van der Waals surface area contributed by atoms with Crippen LogP contribution in [0.3, 0.4) is 0 Å². The van der Waals surface area contributed by atoms with Gasteiger partial charge in [0.2, 0.25) is 0 Å². The zero-order valence-electron chi connectivity index (χ0n) is 16.3. The van der Waals surface area contributed by atoms with E-state index in [1.165, 1.54) is 0 Å². The highest BCUT2D eigenvalue weighted by atomic mass is 32.1. The number of esters is 1. The van der Waals surface area contributed by atoms with Crippen molar-refractivity contribution in [3.05, 3.63) is 41.1 Å². The summed E-state index contributed by atoms with van der Waals surface area (Å²) in [7, 11) is 4.00. The van der Waals surface area contributed by atoms with Crippen molar-refractivity contribution in [2.24, 2.45) is 5.92 Å². The predicted molar refractivity (Wildman–Crippen MR) is 110 cm³/mol. The Kier molecular flexibility index (Phi) is 7.03. The summed E-state index contributed by atoms with van der Waals surface area (Å²) < 4.78 is 5.62. The summed E-state index contributed by atoms with van der Waals surface area (Å²) in [4.78, 5) is 14.8. The van der Waals surface area contributed by atoms with Crippen molar-refractivity contribution in [2.75, 3.05) is 25.6 Å². The molecule has 1 heterocycles. The van der Waals surface area contributed by atoms with Crippen LogP contribution in [-0.2, 0) is 9.53 Å². The molecule has 26 heavy (non-hydrogen) atoms. The molecule has 0 fully saturated rings. The number of rotatable bonds is 7. The molecule has 0 aromatic heterocycles. The molecule has 1 unspecified atom stereocenters. The maximum atomic E-state index is 12.8. The Hall–Kier alpha value is -2.08. The van der Waals surface area contributed by atoms with E-state index in [1.54, 1.807) is 0 Å². The molecule has 0 amide bonds. The third kappa shape index (κ3) is 4.75. The number of anilines is 1. The van der Waals surface area contributed by atoms with E-state index in [4.69, 9.17) is 17.0 Å². The average Bonchev–Trinajstić information content (AvgIpc) is 2.61. The normalized spacial score (nSPS) is 17.0. The molecule has 0 saturated carbocycles. The molecule has 1 atom stereocenters. The van der Waals surface area contributed by atoms with Crippen LogP contribution in [0.1, 0.15) is 45.2 Å². The van der Waals surface area contributed by atoms with Gasteiger partial charge in [-0.15, -0.1) is 0 Å². The summed E-state index contributed by atoms with van der Waals surface area (Å²) in [6.07, 6.45) is 2.00. The van der Waals surface area contributed by atoms with Crippen LogP contribution in [0, 0.1) is 5.92 Å². The highest BCUT2D eigenvalue weighted by molar-refractivity contribution is 7.80. The molecule has 0 spiro atoms. The summed E-state index contributed by atoms with van der Waals surface area (Å²) in [5.41, 5.74) is 3.41. The van der Waals surface area contributed by atoms with Gasteiger partial charge >= 0.3 is 5.97 Å². The minimum Gasteiger partial charge on any atom is -0.462 e. The topological polar surface area (TPSA) is 53.6 Å². The maximum Gasteiger partial charge on any atom is 0.338 e. The number of allylic oxidation sites excluding steroid dienone is 1. The molecule has 5 nitrogen and oxygen atoms in total. The van der Waals surface area contributed by atoms with E-state index in [-0.39, 0.29) is 12.0 Å². The Balaban J connectivity index is 2.26. The minimum absolute atomic E-state index is 0.293. The molecule has 1 aromatic carbocycles. The van der Waals surface area contributed by atoms with E-state index < -0.39 is 0 Å². The number of carbonyl (C=O) groups excluding carboxylic acids is 1. The molecule has 2 rings (SSSR count). The summed E-state index contributed by atoms with van der Waals surface area (Å²) in [5, 5.41) is 6.77. The fraction of sp³-hybridized carbons (Fsp3) is 0.500. The lowest BCUT2D eigenvalue weighted by Gasteiger charge is -2.30. The second-order valence-electron chi connectivity index (χ2n) is 6.84. The Bertz CT molecular complexity index is 679. The number of ether oxygens (including phenoxy) is 1. The largest absolute Gasteiger partial charge is 0.462 e. The van der Waals surface area contributed by atoms with Crippen LogP contribution in [0.15, 0.2) is 35.5 Å². The van der Waals surface area contributed by atoms with Gasteiger partial charge in [-0.2, -0.15) is 0 Å². The molecule has 1 aliphatic rings. The fourth-order valence-corrected chi connectivity index (χ4v) is 3.25. The van der Waals surface area contributed by atoms with Gasteiger partial charge in [-0.25, -0.2) is 4.79 Å². The van der Waals surface area contributed by atoms with Gasteiger partial charge in [0.1, 0.15) is 0 Å². The lowest BCUT2D eigenvalue weighted by atomic mass is 9.95. The zero-order chi connectivity index (χ0) is 19.3. The van der Waals surface area contributed by atoms with Crippen molar-refractivity contribution in [3.8, 4) is 0 Å². The van der Waals surface area contributed by atoms with Crippen LogP contribution in [0.4, 0.5) is 5.69 Å². The Morgan fingerprint density at radius 2 is 1.85 bits per heavy atom. The van der Waals surface area contributed by atoms with Crippen LogP contribution in [0.25, 0.3) is 0 Å². The van der Waals surface area contributed by atoms with Crippen molar-refractivity contribution >= 4 is 29.0 Å². The van der Waals surface area contributed by atoms with Crippen LogP contribution >= 0.6 is 12.2 Å². The third-order valence-corrected chi connectivity index (χ3v) is 5.06. The van der Waals surface area contributed by atoms with E-state index in [0.29, 0.717) is 23.2 Å². The molecule has 0 radical (unpaired) electrons. The number of nitrogens with zero attached hydrogens (tertiary/aromatic N) is 1. The van der Waals surface area contributed by atoms with Gasteiger partial charge in [0.25, 0.3) is 0 Å². The van der Waals surface area contributed by atoms with Gasteiger partial charge in [-0.1, -0.05) is 38.8 Å². The molecule has 142 valence electrons. The molecule has 2 N–H and O–H groups in total. The second-order valence-corrected chi connectivity index (χ2v) is 7.25. The first kappa shape index (κ1) is 20.2. The maximum absolute atomic E-state index is 12.8. The van der Waals surface area contributed by atoms with Crippen LogP contribution in [0.2, 0.25) is 0 Å². The van der Waals surface area contributed by atoms with E-state index in [9.17, 15) is 4.79 Å². The number of carbonyl (C=O) groups is 1. The lowest BCUT2D eigenvalue weighted by molar-refractivity contribution is -0.141. The van der Waals surface area contributed by atoms with Gasteiger partial charge < -0.3 is 20.3 Å². The smallest absolute Gasteiger partial charge is 0.338 e. The van der Waals surface area contributed by atoms with Crippen molar-refractivity contribution in [1.82, 2.24) is 10.6 Å². The molecule has 6 heteroatoms. The van der Waals surface area contributed by atoms with E-state index in [0.717, 1.165) is 29.8 Å². The van der Waals surface area contributed by atoms with Gasteiger partial charge in [-0.05, 0) is 42.8 Å². The Morgan fingerprint density at radius 3 is 2.38 bits per heavy atom. The predicted octanol–water partition coefficient (Wildman–Crippen LogP) is 3.52. The average molecular weight is 376 g/mol. The van der Waals surface area contributed by atoms with Crippen molar-refractivity contribution in [2.45, 2.75) is 39.7 Å². The van der Waals surface area contributed by atoms with Gasteiger partial charge in [0.05, 0.1) is 18.2 Å². The van der Waals surface area contributed by atoms with E-state index in [1.807, 2.05) is 50.2 Å². The zero-order valence-corrected chi connectivity index (χ0v) is 17.1. The van der Waals surface area contributed by atoms with Gasteiger partial charge in [0.15, 0.2) is 5.11 Å². The summed E-state index contributed by atoms with van der Waals surface area (Å²) >= 11 is 5.29. The molecule has 0 bridgehead atoms. The Labute approximate surface area is 161 Å². The standard InChI is InChI=1S/C20H29N3O2S/c1-6-14(7-2)12-25-19(24)17-13(3)21-20(26)22-18(17)15-8-10-16(11-9-15)23(4)5/h8-11,14,18H,6-7,12H2,1-5H3,(H2,21,22,26). The molecular weight excluding hydrogens is 346 g/mol. The number of hydrogen-bond acceptors (Lipinski definition) is 4. The van der Waals surface area contributed by atoms with Crippen LogP contribution in [0.5, 0.6) is 0 Å². The number of thiocarbonyl (C=S) groups is 1. The minimum atomic E-state index is -0.311. The van der Waals surface area contributed by atoms with E-state index >= 15 is 0 Å². The SMILES string of the molecule is CCC(CC)COC(=O)C1=C(C)NC(=S)NC1c1ccc(N(C)C)cc1. The second kappa shape index (κ2) is 9.03. The molecular formula is C20H29N3O2S. The number of nitrogens with one attached hydrogen (secondary N) is 2. The fourth-order valence-electron chi connectivity index (χ4n) is 2.98. The molecule has 0 saturated heterocycles. The summed E-state index contributed by atoms with van der Waals surface area (Å²) in [6, 6.07) is 7.79. The van der Waals surface area contributed by atoms with Gasteiger partial charge in [-0.3, -0.25) is 0 Å². The Morgan fingerprint density at radius 1 is 1.23 bits per heavy atom. The monoisotopic (exact) mass is 375 g/mol.